The average Bonchev–Trinajstić information content (AvgIpc) is 2.88. The molecule has 2 heterocycles. The zero-order valence-corrected chi connectivity index (χ0v) is 12.2. The van der Waals surface area contributed by atoms with E-state index in [1.165, 1.54) is 16.6 Å². The lowest BCUT2D eigenvalue weighted by Crippen LogP contribution is -2.30. The highest BCUT2D eigenvalue weighted by Gasteiger charge is 2.13. The summed E-state index contributed by atoms with van der Waals surface area (Å²) in [5, 5.41) is 10.8. The highest BCUT2D eigenvalue weighted by Crippen LogP contribution is 2.25. The number of aromatic nitrogens is 1. The van der Waals surface area contributed by atoms with E-state index in [1.807, 2.05) is 12.1 Å². The molecule has 0 saturated heterocycles. The molecule has 1 aromatic heterocycles. The minimum absolute atomic E-state index is 0.274. The van der Waals surface area contributed by atoms with E-state index in [0.29, 0.717) is 0 Å². The third kappa shape index (κ3) is 2.75. The van der Waals surface area contributed by atoms with Crippen molar-refractivity contribution in [2.45, 2.75) is 12.8 Å². The average molecular weight is 291 g/mol. The second-order valence-electron chi connectivity index (χ2n) is 5.21. The Morgan fingerprint density at radius 1 is 1.25 bits per heavy atom. The van der Waals surface area contributed by atoms with Crippen molar-refractivity contribution in [2.75, 3.05) is 26.2 Å². The van der Waals surface area contributed by atoms with E-state index in [-0.39, 0.29) is 6.61 Å². The van der Waals surface area contributed by atoms with Gasteiger partial charge in [0.15, 0.2) is 0 Å². The van der Waals surface area contributed by atoms with Crippen molar-refractivity contribution < 1.29 is 5.11 Å². The van der Waals surface area contributed by atoms with Gasteiger partial charge in [0.2, 0.25) is 0 Å². The molecular formula is C16H19ClN2O. The minimum atomic E-state index is 0.274. The molecular weight excluding hydrogens is 272 g/mol. The summed E-state index contributed by atoms with van der Waals surface area (Å²) in [5.41, 5.74) is 2.56. The van der Waals surface area contributed by atoms with Gasteiger partial charge in [0, 0.05) is 55.0 Å². The van der Waals surface area contributed by atoms with Crippen LogP contribution in [0.1, 0.15) is 12.8 Å². The van der Waals surface area contributed by atoms with Crippen LogP contribution >= 0.6 is 11.6 Å². The van der Waals surface area contributed by atoms with Crippen molar-refractivity contribution in [2.24, 2.45) is 0 Å². The van der Waals surface area contributed by atoms with Gasteiger partial charge in [-0.15, -0.1) is 0 Å². The van der Waals surface area contributed by atoms with Crippen LogP contribution in [-0.4, -0.2) is 40.8 Å². The second-order valence-corrected chi connectivity index (χ2v) is 5.65. The molecule has 0 aliphatic carbocycles. The fourth-order valence-electron chi connectivity index (χ4n) is 2.78. The Balaban J connectivity index is 1.80. The first-order valence-corrected chi connectivity index (χ1v) is 7.45. The van der Waals surface area contributed by atoms with Crippen LogP contribution in [-0.2, 0) is 0 Å². The molecule has 2 aromatic rings. The fraction of sp³-hybridized carbons (Fsp3) is 0.375. The number of hydrogen-bond acceptors (Lipinski definition) is 2. The van der Waals surface area contributed by atoms with E-state index >= 15 is 0 Å². The summed E-state index contributed by atoms with van der Waals surface area (Å²) in [4.78, 5) is 2.38. The molecule has 1 aliphatic rings. The van der Waals surface area contributed by atoms with Gasteiger partial charge in [-0.1, -0.05) is 17.7 Å². The van der Waals surface area contributed by atoms with Crippen LogP contribution in [0, 0.1) is 0 Å². The molecule has 0 amide bonds. The van der Waals surface area contributed by atoms with Crippen LogP contribution in [0.2, 0.25) is 5.02 Å². The number of aliphatic hydroxyl groups is 1. The molecule has 1 aliphatic heterocycles. The van der Waals surface area contributed by atoms with Gasteiger partial charge < -0.3 is 9.67 Å². The van der Waals surface area contributed by atoms with Crippen molar-refractivity contribution in [1.82, 2.24) is 9.47 Å². The van der Waals surface area contributed by atoms with Gasteiger partial charge in [-0.05, 0) is 30.7 Å². The molecule has 20 heavy (non-hydrogen) atoms. The third-order valence-electron chi connectivity index (χ3n) is 3.86. The van der Waals surface area contributed by atoms with Crippen molar-refractivity contribution in [3.63, 3.8) is 0 Å². The SMILES string of the molecule is OCCCN1CC=C(n2ccc3cc(Cl)ccc32)CC1. The number of halogens is 1. The summed E-state index contributed by atoms with van der Waals surface area (Å²) >= 11 is 6.03. The Bertz CT molecular complexity index is 632. The first-order valence-electron chi connectivity index (χ1n) is 7.07. The fourth-order valence-corrected chi connectivity index (χ4v) is 2.96. The molecule has 3 rings (SSSR count). The van der Waals surface area contributed by atoms with Gasteiger partial charge in [0.25, 0.3) is 0 Å². The summed E-state index contributed by atoms with van der Waals surface area (Å²) in [6.07, 6.45) is 6.30. The number of nitrogens with zero attached hydrogens (tertiary/aromatic N) is 2. The monoisotopic (exact) mass is 290 g/mol. The number of rotatable bonds is 4. The predicted molar refractivity (Wildman–Crippen MR) is 84.0 cm³/mol. The lowest BCUT2D eigenvalue weighted by Gasteiger charge is -2.26. The Hall–Kier alpha value is -1.29. The van der Waals surface area contributed by atoms with E-state index in [2.05, 4.69) is 33.9 Å². The van der Waals surface area contributed by atoms with Crippen LogP contribution in [0.4, 0.5) is 0 Å². The Morgan fingerprint density at radius 3 is 2.90 bits per heavy atom. The maximum Gasteiger partial charge on any atom is 0.0526 e. The first-order chi connectivity index (χ1) is 9.78. The third-order valence-corrected chi connectivity index (χ3v) is 4.10. The Morgan fingerprint density at radius 2 is 2.15 bits per heavy atom. The van der Waals surface area contributed by atoms with Crippen molar-refractivity contribution in [3.8, 4) is 0 Å². The molecule has 0 fully saturated rings. The van der Waals surface area contributed by atoms with Gasteiger partial charge in [-0.25, -0.2) is 0 Å². The number of fused-ring (bicyclic) bond motifs is 1. The van der Waals surface area contributed by atoms with Crippen molar-refractivity contribution >= 4 is 28.2 Å². The van der Waals surface area contributed by atoms with E-state index in [1.54, 1.807) is 0 Å². The Kier molecular flexibility index (Phi) is 4.10. The van der Waals surface area contributed by atoms with E-state index in [9.17, 15) is 0 Å². The standard InChI is InChI=1S/C16H19ClN2O/c17-14-2-3-16-13(12-14)4-10-19(16)15-5-8-18(9-6-15)7-1-11-20/h2-5,10,12,20H,1,6-9,11H2. The maximum atomic E-state index is 8.88. The van der Waals surface area contributed by atoms with Crippen LogP contribution in [0.25, 0.3) is 16.6 Å². The molecule has 0 atom stereocenters. The summed E-state index contributed by atoms with van der Waals surface area (Å²) in [6.45, 7) is 3.26. The summed E-state index contributed by atoms with van der Waals surface area (Å²) in [6, 6.07) is 8.14. The number of aliphatic hydroxyl groups excluding tert-OH is 1. The van der Waals surface area contributed by atoms with E-state index < -0.39 is 0 Å². The number of benzene rings is 1. The van der Waals surface area contributed by atoms with E-state index in [0.717, 1.165) is 37.5 Å². The lowest BCUT2D eigenvalue weighted by atomic mass is 10.2. The van der Waals surface area contributed by atoms with Gasteiger partial charge >= 0.3 is 0 Å². The molecule has 1 aromatic carbocycles. The van der Waals surface area contributed by atoms with Crippen molar-refractivity contribution in [3.05, 3.63) is 41.6 Å². The molecule has 4 heteroatoms. The number of hydrogen-bond donors (Lipinski definition) is 1. The molecule has 0 spiro atoms. The van der Waals surface area contributed by atoms with Crippen LogP contribution in [0.3, 0.4) is 0 Å². The zero-order valence-electron chi connectivity index (χ0n) is 11.4. The highest BCUT2D eigenvalue weighted by molar-refractivity contribution is 6.31. The van der Waals surface area contributed by atoms with Gasteiger partial charge in [0.1, 0.15) is 0 Å². The van der Waals surface area contributed by atoms with Crippen LogP contribution < -0.4 is 0 Å². The van der Waals surface area contributed by atoms with Crippen LogP contribution in [0.5, 0.6) is 0 Å². The maximum absolute atomic E-state index is 8.88. The van der Waals surface area contributed by atoms with Gasteiger partial charge in [-0.2, -0.15) is 0 Å². The van der Waals surface area contributed by atoms with Gasteiger partial charge in [-0.3, -0.25) is 4.90 Å². The van der Waals surface area contributed by atoms with Crippen molar-refractivity contribution in [1.29, 1.82) is 0 Å². The smallest absolute Gasteiger partial charge is 0.0526 e. The second kappa shape index (κ2) is 6.00. The summed E-state index contributed by atoms with van der Waals surface area (Å²) in [7, 11) is 0. The normalized spacial score (nSPS) is 16.6. The lowest BCUT2D eigenvalue weighted by molar-refractivity contribution is 0.235. The molecule has 106 valence electrons. The van der Waals surface area contributed by atoms with Gasteiger partial charge in [0.05, 0.1) is 5.52 Å². The quantitative estimate of drug-likeness (QED) is 0.936. The summed E-state index contributed by atoms with van der Waals surface area (Å²) in [5.74, 6) is 0. The summed E-state index contributed by atoms with van der Waals surface area (Å²) < 4.78 is 2.26. The minimum Gasteiger partial charge on any atom is -0.396 e. The van der Waals surface area contributed by atoms with E-state index in [4.69, 9.17) is 16.7 Å². The van der Waals surface area contributed by atoms with Crippen LogP contribution in [0.15, 0.2) is 36.5 Å². The molecule has 0 bridgehead atoms. The Labute approximate surface area is 124 Å². The predicted octanol–water partition coefficient (Wildman–Crippen LogP) is 3.22. The molecule has 0 saturated carbocycles. The molecule has 0 unspecified atom stereocenters. The first kappa shape index (κ1) is 13.7. The zero-order chi connectivity index (χ0) is 13.9. The molecule has 1 N–H and O–H groups in total. The topological polar surface area (TPSA) is 28.4 Å². The molecule has 0 radical (unpaired) electrons. The largest absolute Gasteiger partial charge is 0.396 e. The highest BCUT2D eigenvalue weighted by atomic mass is 35.5. The molecule has 3 nitrogen and oxygen atoms in total.